The van der Waals surface area contributed by atoms with Crippen molar-refractivity contribution in [1.82, 2.24) is 5.32 Å². The van der Waals surface area contributed by atoms with Crippen LogP contribution in [0.15, 0.2) is 72.9 Å². The molecule has 7 atom stereocenters. The van der Waals surface area contributed by atoms with E-state index in [0.29, 0.717) is 25.9 Å². The van der Waals surface area contributed by atoms with Crippen molar-refractivity contribution in [2.24, 2.45) is 0 Å². The van der Waals surface area contributed by atoms with Crippen molar-refractivity contribution in [2.75, 3.05) is 19.8 Å². The fourth-order valence-corrected chi connectivity index (χ4v) is 7.63. The number of esters is 1. The summed E-state index contributed by atoms with van der Waals surface area (Å²) in [5.74, 6) is -0.333. The summed E-state index contributed by atoms with van der Waals surface area (Å²) in [6.07, 6.45) is 47.4. The third-order valence-electron chi connectivity index (χ3n) is 11.8. The first-order valence-electron chi connectivity index (χ1n) is 26.2. The summed E-state index contributed by atoms with van der Waals surface area (Å²) in [5.41, 5.74) is 0. The van der Waals surface area contributed by atoms with Crippen LogP contribution in [0.2, 0.25) is 0 Å². The molecule has 1 aliphatic rings. The highest BCUT2D eigenvalue weighted by Crippen LogP contribution is 2.22. The molecule has 0 aromatic carbocycles. The third-order valence-corrected chi connectivity index (χ3v) is 11.8. The number of allylic oxidation sites excluding steroid dienone is 11. The number of unbranched alkanes of at least 4 members (excludes halogenated alkanes) is 20. The third kappa shape index (κ3) is 34.4. The van der Waals surface area contributed by atoms with Crippen LogP contribution >= 0.6 is 0 Å². The van der Waals surface area contributed by atoms with Crippen LogP contribution in [-0.4, -0.2) is 100 Å². The van der Waals surface area contributed by atoms with Gasteiger partial charge in [0.15, 0.2) is 6.29 Å². The van der Waals surface area contributed by atoms with E-state index in [4.69, 9.17) is 14.2 Å². The molecule has 0 aromatic heterocycles. The lowest BCUT2D eigenvalue weighted by Crippen LogP contribution is -2.60. The minimum atomic E-state index is -1.60. The number of nitrogens with one attached hydrogen (secondary N) is 1. The van der Waals surface area contributed by atoms with E-state index < -0.39 is 49.5 Å². The van der Waals surface area contributed by atoms with Gasteiger partial charge in [0.1, 0.15) is 24.4 Å². The Bertz CT molecular complexity index is 1330. The molecule has 0 spiro atoms. The number of hydrogen-bond donors (Lipinski definition) is 6. The quantitative estimate of drug-likeness (QED) is 0.0196. The SMILES string of the molecule is C/C=C/CC/C=C/CC/C=C/C(O)C(COC1OC(CO)C(O)C(O)C1O)NC(=O)CC/C=C\C/C=C\CCCCCCCCOC(=O)CCCCCCC/C=C\CCCCCCCCC. The average Bonchev–Trinajstić information content (AvgIpc) is 3.31. The maximum absolute atomic E-state index is 12.9. The van der Waals surface area contributed by atoms with Gasteiger partial charge in [0, 0.05) is 12.8 Å². The molecule has 0 bridgehead atoms. The predicted molar refractivity (Wildman–Crippen MR) is 269 cm³/mol. The van der Waals surface area contributed by atoms with E-state index in [-0.39, 0.29) is 24.9 Å². The molecule has 11 heteroatoms. The highest BCUT2D eigenvalue weighted by Gasteiger charge is 2.44. The molecule has 0 saturated carbocycles. The Morgan fingerprint density at radius 3 is 1.71 bits per heavy atom. The molecule has 380 valence electrons. The highest BCUT2D eigenvalue weighted by molar-refractivity contribution is 5.76. The van der Waals surface area contributed by atoms with Gasteiger partial charge in [-0.2, -0.15) is 0 Å². The van der Waals surface area contributed by atoms with Crippen LogP contribution in [-0.2, 0) is 23.8 Å². The van der Waals surface area contributed by atoms with Crippen molar-refractivity contribution in [3.63, 3.8) is 0 Å². The van der Waals surface area contributed by atoms with Gasteiger partial charge in [0.25, 0.3) is 0 Å². The first kappa shape index (κ1) is 61.1. The lowest BCUT2D eigenvalue weighted by Gasteiger charge is -2.40. The summed E-state index contributed by atoms with van der Waals surface area (Å²) in [7, 11) is 0. The second kappa shape index (κ2) is 44.6. The van der Waals surface area contributed by atoms with E-state index in [1.54, 1.807) is 6.08 Å². The minimum absolute atomic E-state index is 0.0503. The largest absolute Gasteiger partial charge is 0.466 e. The number of hydrogen-bond acceptors (Lipinski definition) is 10. The van der Waals surface area contributed by atoms with Crippen LogP contribution in [0.3, 0.4) is 0 Å². The van der Waals surface area contributed by atoms with Crippen LogP contribution in [0.1, 0.15) is 200 Å². The molecular formula is C55H95NO10. The number of aliphatic hydroxyl groups excluding tert-OH is 5. The van der Waals surface area contributed by atoms with E-state index in [0.717, 1.165) is 70.6 Å². The van der Waals surface area contributed by atoms with Crippen molar-refractivity contribution < 1.29 is 49.3 Å². The smallest absolute Gasteiger partial charge is 0.305 e. The van der Waals surface area contributed by atoms with Crippen LogP contribution in [0.4, 0.5) is 0 Å². The zero-order valence-corrected chi connectivity index (χ0v) is 41.4. The summed E-state index contributed by atoms with van der Waals surface area (Å²) >= 11 is 0. The number of carbonyl (C=O) groups excluding carboxylic acids is 2. The Balaban J connectivity index is 2.16. The van der Waals surface area contributed by atoms with E-state index in [1.165, 1.54) is 89.9 Å². The molecule has 6 N–H and O–H groups in total. The van der Waals surface area contributed by atoms with Crippen LogP contribution in [0.5, 0.6) is 0 Å². The van der Waals surface area contributed by atoms with Crippen molar-refractivity contribution in [2.45, 2.75) is 243 Å². The van der Waals surface area contributed by atoms with E-state index in [2.05, 4.69) is 54.8 Å². The van der Waals surface area contributed by atoms with Crippen molar-refractivity contribution in [3.8, 4) is 0 Å². The fourth-order valence-electron chi connectivity index (χ4n) is 7.63. The van der Waals surface area contributed by atoms with Gasteiger partial charge in [0.05, 0.1) is 32.0 Å². The first-order chi connectivity index (χ1) is 32.2. The normalized spacial score (nSPS) is 20.3. The summed E-state index contributed by atoms with van der Waals surface area (Å²) in [6, 6.07) is -0.879. The van der Waals surface area contributed by atoms with Gasteiger partial charge >= 0.3 is 5.97 Å². The molecule has 1 amide bonds. The van der Waals surface area contributed by atoms with Gasteiger partial charge in [-0.1, -0.05) is 163 Å². The van der Waals surface area contributed by atoms with Crippen LogP contribution < -0.4 is 5.32 Å². The van der Waals surface area contributed by atoms with Crippen molar-refractivity contribution in [3.05, 3.63) is 72.9 Å². The Morgan fingerprint density at radius 2 is 1.11 bits per heavy atom. The van der Waals surface area contributed by atoms with Gasteiger partial charge in [-0.3, -0.25) is 9.59 Å². The minimum Gasteiger partial charge on any atom is -0.466 e. The Morgan fingerprint density at radius 1 is 0.591 bits per heavy atom. The van der Waals surface area contributed by atoms with E-state index in [1.807, 2.05) is 31.2 Å². The summed E-state index contributed by atoms with van der Waals surface area (Å²) in [6.45, 7) is 3.96. The molecule has 1 aliphatic heterocycles. The maximum atomic E-state index is 12.9. The predicted octanol–water partition coefficient (Wildman–Crippen LogP) is 10.9. The standard InChI is InChI=1S/C55H95NO10/c1-3-5-7-9-11-13-14-15-16-17-20-23-27-31-35-39-43-51(60)64-44-40-36-32-28-24-21-18-19-22-26-30-34-38-42-50(59)56-47(48(58)41-37-33-29-25-12-10-8-6-4-2)46-65-55-54(63)53(62)52(61)49(45-57)66-55/h4,6,12,16-17,19,22,25,30,34,37,41,47-49,52-55,57-58,61-63H,3,5,7-11,13-15,18,20-21,23-24,26-29,31-33,35-36,38-40,42-46H2,1-2H3,(H,56,59)/b6-4+,17-16-,22-19-,25-12+,34-30-,41-37+. The molecule has 1 rings (SSSR count). The van der Waals surface area contributed by atoms with Gasteiger partial charge in [0.2, 0.25) is 5.91 Å². The molecule has 0 aromatic rings. The lowest BCUT2D eigenvalue weighted by atomic mass is 9.99. The summed E-state index contributed by atoms with van der Waals surface area (Å²) < 4.78 is 16.6. The molecule has 0 aliphatic carbocycles. The molecule has 1 saturated heterocycles. The zero-order valence-electron chi connectivity index (χ0n) is 41.4. The van der Waals surface area contributed by atoms with Gasteiger partial charge < -0.3 is 45.1 Å². The molecule has 66 heavy (non-hydrogen) atoms. The van der Waals surface area contributed by atoms with Gasteiger partial charge in [-0.05, 0) is 96.8 Å². The zero-order chi connectivity index (χ0) is 48.1. The molecule has 0 radical (unpaired) electrons. The fraction of sp³-hybridized carbons (Fsp3) is 0.745. The molecule has 7 unspecified atom stereocenters. The molecule has 11 nitrogen and oxygen atoms in total. The second-order valence-corrected chi connectivity index (χ2v) is 17.9. The van der Waals surface area contributed by atoms with E-state index in [9.17, 15) is 35.1 Å². The van der Waals surface area contributed by atoms with Crippen LogP contribution in [0.25, 0.3) is 0 Å². The number of ether oxygens (including phenoxy) is 3. The molecule has 1 fully saturated rings. The maximum Gasteiger partial charge on any atom is 0.305 e. The average molecular weight is 930 g/mol. The Hall–Kier alpha value is -2.90. The summed E-state index contributed by atoms with van der Waals surface area (Å²) in [4.78, 5) is 25.0. The molecule has 1 heterocycles. The van der Waals surface area contributed by atoms with E-state index >= 15 is 0 Å². The first-order valence-corrected chi connectivity index (χ1v) is 26.2. The van der Waals surface area contributed by atoms with Gasteiger partial charge in [-0.25, -0.2) is 0 Å². The number of aliphatic hydroxyl groups is 5. The number of amides is 1. The number of rotatable bonds is 43. The van der Waals surface area contributed by atoms with Crippen LogP contribution in [0, 0.1) is 0 Å². The second-order valence-electron chi connectivity index (χ2n) is 17.9. The highest BCUT2D eigenvalue weighted by atomic mass is 16.7. The lowest BCUT2D eigenvalue weighted by molar-refractivity contribution is -0.302. The number of carbonyl (C=O) groups is 2. The Kier molecular flexibility index (Phi) is 41.3. The Labute approximate surface area is 400 Å². The van der Waals surface area contributed by atoms with Gasteiger partial charge in [-0.15, -0.1) is 0 Å². The molecular weight excluding hydrogens is 835 g/mol. The van der Waals surface area contributed by atoms with Crippen molar-refractivity contribution >= 4 is 11.9 Å². The topological polar surface area (TPSA) is 175 Å². The van der Waals surface area contributed by atoms with Crippen molar-refractivity contribution in [1.29, 1.82) is 0 Å². The monoisotopic (exact) mass is 930 g/mol. The summed E-state index contributed by atoms with van der Waals surface area (Å²) in [5, 5.41) is 53.9.